The van der Waals surface area contributed by atoms with Crippen molar-refractivity contribution in [2.75, 3.05) is 11.9 Å². The first kappa shape index (κ1) is 12.6. The molecule has 6 nitrogen and oxygen atoms in total. The van der Waals surface area contributed by atoms with Crippen LogP contribution in [0.3, 0.4) is 0 Å². The van der Waals surface area contributed by atoms with Crippen molar-refractivity contribution in [1.82, 2.24) is 9.97 Å². The molecule has 0 radical (unpaired) electrons. The van der Waals surface area contributed by atoms with Gasteiger partial charge in [-0.15, -0.1) is 0 Å². The van der Waals surface area contributed by atoms with Crippen molar-refractivity contribution < 1.29 is 4.92 Å². The van der Waals surface area contributed by atoms with Crippen LogP contribution in [0.15, 0.2) is 18.2 Å². The first-order chi connectivity index (χ1) is 10.2. The molecule has 0 aliphatic heterocycles. The largest absolute Gasteiger partial charge is 0.356 e. The maximum absolute atomic E-state index is 10.8. The van der Waals surface area contributed by atoms with E-state index >= 15 is 0 Å². The van der Waals surface area contributed by atoms with Crippen LogP contribution in [0.2, 0.25) is 0 Å². The van der Waals surface area contributed by atoms with Gasteiger partial charge in [0.25, 0.3) is 5.69 Å². The standard InChI is InChI=1S/C15H18N4O2/c20-19(21)11-5-6-13-14(7-11)18-15(17-13)16-8-12(9-1-2-9)10-3-4-10/h5-7,9-10,12H,1-4,8H2,(H2,16,17,18). The molecule has 2 N–H and O–H groups in total. The van der Waals surface area contributed by atoms with Gasteiger partial charge in [-0.05, 0) is 49.5 Å². The summed E-state index contributed by atoms with van der Waals surface area (Å²) in [6.07, 6.45) is 5.48. The lowest BCUT2D eigenvalue weighted by Gasteiger charge is -2.15. The molecule has 0 amide bonds. The van der Waals surface area contributed by atoms with Gasteiger partial charge in [0.15, 0.2) is 0 Å². The number of hydrogen-bond donors (Lipinski definition) is 2. The molecular formula is C15H18N4O2. The molecule has 0 atom stereocenters. The Bertz CT molecular complexity index is 676. The molecule has 110 valence electrons. The van der Waals surface area contributed by atoms with Gasteiger partial charge in [0, 0.05) is 18.7 Å². The summed E-state index contributed by atoms with van der Waals surface area (Å²) in [6.45, 7) is 0.956. The quantitative estimate of drug-likeness (QED) is 0.630. The third kappa shape index (κ3) is 2.57. The van der Waals surface area contributed by atoms with Crippen LogP contribution in [-0.2, 0) is 0 Å². The van der Waals surface area contributed by atoms with Crippen LogP contribution in [-0.4, -0.2) is 21.4 Å². The minimum Gasteiger partial charge on any atom is -0.356 e. The number of H-pyrrole nitrogens is 1. The predicted molar refractivity (Wildman–Crippen MR) is 80.2 cm³/mol. The van der Waals surface area contributed by atoms with E-state index in [1.165, 1.54) is 37.8 Å². The number of nitro groups is 1. The van der Waals surface area contributed by atoms with Crippen molar-refractivity contribution in [2.24, 2.45) is 17.8 Å². The van der Waals surface area contributed by atoms with Crippen LogP contribution < -0.4 is 5.32 Å². The number of nitrogens with one attached hydrogen (secondary N) is 2. The zero-order chi connectivity index (χ0) is 14.4. The first-order valence-electron chi connectivity index (χ1n) is 7.59. The van der Waals surface area contributed by atoms with Gasteiger partial charge in [0.1, 0.15) is 0 Å². The van der Waals surface area contributed by atoms with Gasteiger partial charge in [-0.1, -0.05) is 0 Å². The van der Waals surface area contributed by atoms with Crippen molar-refractivity contribution in [2.45, 2.75) is 25.7 Å². The van der Waals surface area contributed by atoms with Crippen molar-refractivity contribution in [3.05, 3.63) is 28.3 Å². The zero-order valence-corrected chi connectivity index (χ0v) is 11.7. The Balaban J connectivity index is 1.49. The summed E-state index contributed by atoms with van der Waals surface area (Å²) in [5.74, 6) is 3.29. The van der Waals surface area contributed by atoms with Crippen molar-refractivity contribution >= 4 is 22.7 Å². The summed E-state index contributed by atoms with van der Waals surface area (Å²) in [5, 5.41) is 14.2. The number of aromatic nitrogens is 2. The smallest absolute Gasteiger partial charge is 0.271 e. The minimum atomic E-state index is -0.385. The lowest BCUT2D eigenvalue weighted by molar-refractivity contribution is -0.384. The van der Waals surface area contributed by atoms with Crippen LogP contribution in [0.5, 0.6) is 0 Å². The minimum absolute atomic E-state index is 0.0894. The number of nitrogens with zero attached hydrogens (tertiary/aromatic N) is 2. The number of benzene rings is 1. The average Bonchev–Trinajstić information content (AvgIpc) is 3.36. The molecular weight excluding hydrogens is 268 g/mol. The van der Waals surface area contributed by atoms with Crippen LogP contribution in [0.4, 0.5) is 11.6 Å². The fraction of sp³-hybridized carbons (Fsp3) is 0.533. The number of aromatic amines is 1. The van der Waals surface area contributed by atoms with Crippen LogP contribution in [0, 0.1) is 27.9 Å². The summed E-state index contributed by atoms with van der Waals surface area (Å²) in [7, 11) is 0. The van der Waals surface area contributed by atoms with Gasteiger partial charge in [0.05, 0.1) is 16.0 Å². The van der Waals surface area contributed by atoms with Gasteiger partial charge in [-0.25, -0.2) is 4.98 Å². The first-order valence-corrected chi connectivity index (χ1v) is 7.59. The summed E-state index contributed by atoms with van der Waals surface area (Å²) in [4.78, 5) is 18.0. The Labute approximate surface area is 122 Å². The highest BCUT2D eigenvalue weighted by atomic mass is 16.6. The van der Waals surface area contributed by atoms with E-state index in [1.54, 1.807) is 6.07 Å². The third-order valence-corrected chi connectivity index (χ3v) is 4.64. The van der Waals surface area contributed by atoms with Gasteiger partial charge in [-0.3, -0.25) is 10.1 Å². The number of anilines is 1. The number of non-ortho nitro benzene ring substituents is 1. The molecule has 2 aromatic rings. The molecule has 0 unspecified atom stereocenters. The van der Waals surface area contributed by atoms with Crippen molar-refractivity contribution in [1.29, 1.82) is 0 Å². The fourth-order valence-electron chi connectivity index (χ4n) is 3.18. The molecule has 0 spiro atoms. The second-order valence-electron chi connectivity index (χ2n) is 6.26. The Morgan fingerprint density at radius 3 is 2.67 bits per heavy atom. The van der Waals surface area contributed by atoms with Crippen molar-refractivity contribution in [3.63, 3.8) is 0 Å². The highest BCUT2D eigenvalue weighted by molar-refractivity contribution is 5.79. The molecule has 0 saturated heterocycles. The van der Waals surface area contributed by atoms with Crippen LogP contribution >= 0.6 is 0 Å². The lowest BCUT2D eigenvalue weighted by atomic mass is 9.98. The topological polar surface area (TPSA) is 83.8 Å². The molecule has 2 fully saturated rings. The molecule has 2 aliphatic rings. The molecule has 1 aromatic carbocycles. The average molecular weight is 286 g/mol. The fourth-order valence-corrected chi connectivity index (χ4v) is 3.18. The van der Waals surface area contributed by atoms with E-state index in [1.807, 2.05) is 0 Å². The lowest BCUT2D eigenvalue weighted by Crippen LogP contribution is -2.18. The van der Waals surface area contributed by atoms with Gasteiger partial charge >= 0.3 is 0 Å². The molecule has 1 heterocycles. The second kappa shape index (κ2) is 4.72. The Kier molecular flexibility index (Phi) is 2.83. The molecule has 2 saturated carbocycles. The Morgan fingerprint density at radius 2 is 2.05 bits per heavy atom. The normalized spacial score (nSPS) is 18.3. The molecule has 2 aliphatic carbocycles. The van der Waals surface area contributed by atoms with Crippen LogP contribution in [0.25, 0.3) is 11.0 Å². The predicted octanol–water partition coefficient (Wildman–Crippen LogP) is 3.32. The number of rotatable bonds is 6. The SMILES string of the molecule is O=[N+]([O-])c1ccc2nc(NCC(C3CC3)C3CC3)[nH]c2c1. The third-order valence-electron chi connectivity index (χ3n) is 4.64. The van der Waals surface area contributed by atoms with E-state index in [0.29, 0.717) is 5.52 Å². The monoisotopic (exact) mass is 286 g/mol. The summed E-state index contributed by atoms with van der Waals surface area (Å²) >= 11 is 0. The van der Waals surface area contributed by atoms with Crippen LogP contribution in [0.1, 0.15) is 25.7 Å². The number of fused-ring (bicyclic) bond motifs is 1. The summed E-state index contributed by atoms with van der Waals surface area (Å²) in [6, 6.07) is 4.71. The number of hydrogen-bond acceptors (Lipinski definition) is 4. The Hall–Kier alpha value is -2.11. The zero-order valence-electron chi connectivity index (χ0n) is 11.7. The molecule has 21 heavy (non-hydrogen) atoms. The van der Waals surface area contributed by atoms with Gasteiger partial charge < -0.3 is 10.3 Å². The summed E-state index contributed by atoms with van der Waals surface area (Å²) in [5.41, 5.74) is 1.56. The van der Waals surface area contributed by atoms with Gasteiger partial charge in [0.2, 0.25) is 5.95 Å². The van der Waals surface area contributed by atoms with E-state index < -0.39 is 0 Å². The second-order valence-corrected chi connectivity index (χ2v) is 6.26. The van der Waals surface area contributed by atoms with E-state index in [-0.39, 0.29) is 10.6 Å². The maximum Gasteiger partial charge on any atom is 0.271 e. The number of imidazole rings is 1. The van der Waals surface area contributed by atoms with E-state index in [4.69, 9.17) is 0 Å². The summed E-state index contributed by atoms with van der Waals surface area (Å²) < 4.78 is 0. The molecule has 1 aromatic heterocycles. The van der Waals surface area contributed by atoms with Gasteiger partial charge in [-0.2, -0.15) is 0 Å². The Morgan fingerprint density at radius 1 is 1.33 bits per heavy atom. The van der Waals surface area contributed by atoms with E-state index in [9.17, 15) is 10.1 Å². The maximum atomic E-state index is 10.8. The van der Waals surface area contributed by atoms with E-state index in [2.05, 4.69) is 15.3 Å². The highest BCUT2D eigenvalue weighted by Crippen LogP contribution is 2.49. The molecule has 4 rings (SSSR count). The van der Waals surface area contributed by atoms with E-state index in [0.717, 1.165) is 35.8 Å². The molecule has 6 heteroatoms. The van der Waals surface area contributed by atoms with Crippen molar-refractivity contribution in [3.8, 4) is 0 Å². The highest BCUT2D eigenvalue weighted by Gasteiger charge is 2.41. The number of nitro benzene ring substituents is 1. The molecule has 0 bridgehead atoms.